The lowest BCUT2D eigenvalue weighted by Crippen LogP contribution is -2.10. The molecule has 0 spiro atoms. The normalized spacial score (nSPS) is 15.1. The molecule has 0 bridgehead atoms. The van der Waals surface area contributed by atoms with Crippen LogP contribution < -0.4 is 4.74 Å². The van der Waals surface area contributed by atoms with Gasteiger partial charge in [-0.15, -0.1) is 0 Å². The van der Waals surface area contributed by atoms with E-state index in [0.717, 1.165) is 18.4 Å². The predicted molar refractivity (Wildman–Crippen MR) is 57.7 cm³/mol. The summed E-state index contributed by atoms with van der Waals surface area (Å²) < 4.78 is 29.1. The van der Waals surface area contributed by atoms with Crippen LogP contribution in [0, 0.1) is 0 Å². The summed E-state index contributed by atoms with van der Waals surface area (Å²) in [6, 6.07) is 1.70. The number of aromatic nitrogens is 1. The molecule has 1 aliphatic carbocycles. The smallest absolute Gasteiger partial charge is 0.272 e. The molecule has 17 heavy (non-hydrogen) atoms. The number of ketones is 1. The maximum atomic E-state index is 12.1. The van der Waals surface area contributed by atoms with Crippen LogP contribution >= 0.6 is 0 Å². The molecule has 0 atom stereocenters. The Hall–Kier alpha value is -1.52. The fourth-order valence-electron chi connectivity index (χ4n) is 1.61. The minimum Gasteiger partial charge on any atom is -0.471 e. The van der Waals surface area contributed by atoms with Gasteiger partial charge in [0.15, 0.2) is 12.4 Å². The molecule has 1 aromatic rings. The number of ether oxygens (including phenoxy) is 1. The van der Waals surface area contributed by atoms with E-state index >= 15 is 0 Å². The third-order valence-electron chi connectivity index (χ3n) is 2.65. The molecule has 5 heteroatoms. The zero-order valence-corrected chi connectivity index (χ0v) is 9.45. The fourth-order valence-corrected chi connectivity index (χ4v) is 1.61. The van der Waals surface area contributed by atoms with E-state index in [4.69, 9.17) is 4.74 Å². The van der Waals surface area contributed by atoms with Crippen LogP contribution in [0.25, 0.3) is 0 Å². The second-order valence-corrected chi connectivity index (χ2v) is 4.15. The fraction of sp³-hybridized carbons (Fsp3) is 0.500. The van der Waals surface area contributed by atoms with Crippen LogP contribution in [-0.2, 0) is 0 Å². The zero-order chi connectivity index (χ0) is 12.4. The van der Waals surface area contributed by atoms with E-state index in [-0.39, 0.29) is 11.7 Å². The Bertz CT molecular complexity index is 431. The number of rotatable bonds is 5. The molecule has 92 valence electrons. The molecule has 1 aromatic heterocycles. The average Bonchev–Trinajstić information content (AvgIpc) is 3.09. The van der Waals surface area contributed by atoms with Gasteiger partial charge in [0.2, 0.25) is 5.88 Å². The molecular weight excluding hydrogens is 228 g/mol. The minimum absolute atomic E-state index is 0.0835. The highest BCUT2D eigenvalue weighted by molar-refractivity contribution is 5.94. The van der Waals surface area contributed by atoms with Gasteiger partial charge in [-0.1, -0.05) is 0 Å². The molecule has 1 saturated carbocycles. The number of pyridine rings is 1. The van der Waals surface area contributed by atoms with Crippen LogP contribution in [0.15, 0.2) is 12.3 Å². The Morgan fingerprint density at radius 3 is 2.82 bits per heavy atom. The van der Waals surface area contributed by atoms with Gasteiger partial charge in [-0.25, -0.2) is 13.8 Å². The highest BCUT2D eigenvalue weighted by Gasteiger charge is 2.28. The van der Waals surface area contributed by atoms with Crippen molar-refractivity contribution in [1.82, 2.24) is 4.98 Å². The van der Waals surface area contributed by atoms with Gasteiger partial charge in [0.1, 0.15) is 0 Å². The van der Waals surface area contributed by atoms with Gasteiger partial charge in [-0.2, -0.15) is 0 Å². The van der Waals surface area contributed by atoms with Crippen molar-refractivity contribution < 1.29 is 18.3 Å². The Balaban J connectivity index is 2.22. The molecule has 0 aromatic carbocycles. The summed E-state index contributed by atoms with van der Waals surface area (Å²) in [6.07, 6.45) is 0.841. The topological polar surface area (TPSA) is 39.2 Å². The third-order valence-corrected chi connectivity index (χ3v) is 2.65. The molecule has 3 nitrogen and oxygen atoms in total. The van der Waals surface area contributed by atoms with Crippen molar-refractivity contribution in [3.63, 3.8) is 0 Å². The first-order valence-corrected chi connectivity index (χ1v) is 5.49. The summed E-state index contributed by atoms with van der Waals surface area (Å²) in [5.74, 6) is 0.451. The lowest BCUT2D eigenvalue weighted by atomic mass is 10.1. The molecule has 2 rings (SSSR count). The van der Waals surface area contributed by atoms with E-state index in [0.29, 0.717) is 11.5 Å². The molecule has 1 fully saturated rings. The van der Waals surface area contributed by atoms with E-state index in [9.17, 15) is 13.6 Å². The van der Waals surface area contributed by atoms with Crippen molar-refractivity contribution in [2.75, 3.05) is 6.61 Å². The van der Waals surface area contributed by atoms with Crippen molar-refractivity contribution in [2.45, 2.75) is 32.1 Å². The third kappa shape index (κ3) is 2.99. The summed E-state index contributed by atoms with van der Waals surface area (Å²) in [6.45, 7) is 0.791. The van der Waals surface area contributed by atoms with Crippen LogP contribution in [0.4, 0.5) is 8.78 Å². The number of carbonyl (C=O) groups is 1. The first-order valence-electron chi connectivity index (χ1n) is 5.49. The first kappa shape index (κ1) is 12.0. The molecule has 0 N–H and O–H groups in total. The Labute approximate surface area is 97.8 Å². The summed E-state index contributed by atoms with van der Waals surface area (Å²) in [5.41, 5.74) is 1.27. The van der Waals surface area contributed by atoms with Gasteiger partial charge in [0.05, 0.1) is 0 Å². The molecule has 0 saturated heterocycles. The number of hydrogen-bond donors (Lipinski definition) is 0. The minimum atomic E-state index is -2.52. The molecule has 1 aliphatic rings. The largest absolute Gasteiger partial charge is 0.471 e. The van der Waals surface area contributed by atoms with Crippen LogP contribution in [-0.4, -0.2) is 23.8 Å². The number of carbonyl (C=O) groups excluding carboxylic acids is 1. The lowest BCUT2D eigenvalue weighted by molar-refractivity contribution is 0.0789. The van der Waals surface area contributed by atoms with Crippen LogP contribution in [0.2, 0.25) is 0 Å². The van der Waals surface area contributed by atoms with Crippen molar-refractivity contribution in [3.8, 4) is 5.88 Å². The van der Waals surface area contributed by atoms with E-state index in [1.807, 2.05) is 0 Å². The maximum Gasteiger partial charge on any atom is 0.272 e. The van der Waals surface area contributed by atoms with Gasteiger partial charge in [-0.3, -0.25) is 4.79 Å². The maximum absolute atomic E-state index is 12.1. The summed E-state index contributed by atoms with van der Waals surface area (Å²) >= 11 is 0. The molecule has 0 amide bonds. The Morgan fingerprint density at radius 1 is 1.59 bits per heavy atom. The molecule has 1 heterocycles. The highest BCUT2D eigenvalue weighted by atomic mass is 19.3. The van der Waals surface area contributed by atoms with Crippen molar-refractivity contribution in [1.29, 1.82) is 0 Å². The molecule has 0 unspecified atom stereocenters. The van der Waals surface area contributed by atoms with E-state index < -0.39 is 13.0 Å². The number of Topliss-reactive ketones (excluding diaryl/α,β-unsaturated/α-hetero) is 1. The van der Waals surface area contributed by atoms with E-state index in [1.54, 1.807) is 6.07 Å². The molecule has 0 aliphatic heterocycles. The van der Waals surface area contributed by atoms with E-state index in [2.05, 4.69) is 4.98 Å². The summed E-state index contributed by atoms with van der Waals surface area (Å²) in [7, 11) is 0. The number of alkyl halides is 2. The van der Waals surface area contributed by atoms with Crippen molar-refractivity contribution >= 4 is 5.78 Å². The zero-order valence-electron chi connectivity index (χ0n) is 9.45. The van der Waals surface area contributed by atoms with Crippen LogP contribution in [0.1, 0.15) is 41.6 Å². The van der Waals surface area contributed by atoms with Gasteiger partial charge >= 0.3 is 0 Å². The summed E-state index contributed by atoms with van der Waals surface area (Å²) in [4.78, 5) is 15.2. The van der Waals surface area contributed by atoms with Crippen LogP contribution in [0.5, 0.6) is 5.88 Å². The number of hydrogen-bond acceptors (Lipinski definition) is 3. The van der Waals surface area contributed by atoms with Gasteiger partial charge in [0.25, 0.3) is 6.43 Å². The highest BCUT2D eigenvalue weighted by Crippen LogP contribution is 2.43. The van der Waals surface area contributed by atoms with Crippen LogP contribution in [0.3, 0.4) is 0 Å². The number of halogens is 2. The molecular formula is C12H13F2NO2. The molecule has 0 radical (unpaired) electrons. The predicted octanol–water partition coefficient (Wildman–Crippen LogP) is 2.81. The monoisotopic (exact) mass is 241 g/mol. The van der Waals surface area contributed by atoms with Gasteiger partial charge < -0.3 is 4.74 Å². The van der Waals surface area contributed by atoms with Crippen molar-refractivity contribution in [3.05, 3.63) is 23.4 Å². The van der Waals surface area contributed by atoms with Gasteiger partial charge in [0, 0.05) is 17.3 Å². The van der Waals surface area contributed by atoms with Gasteiger partial charge in [-0.05, 0) is 31.7 Å². The average molecular weight is 241 g/mol. The Kier molecular flexibility index (Phi) is 3.36. The lowest BCUT2D eigenvalue weighted by Gasteiger charge is -2.10. The first-order chi connectivity index (χ1) is 8.08. The number of nitrogens with zero attached hydrogens (tertiary/aromatic N) is 1. The van der Waals surface area contributed by atoms with Crippen molar-refractivity contribution in [2.24, 2.45) is 0 Å². The summed E-state index contributed by atoms with van der Waals surface area (Å²) in [5, 5.41) is 0. The van der Waals surface area contributed by atoms with E-state index in [1.165, 1.54) is 13.1 Å². The standard InChI is InChI=1S/C12H13F2NO2/c1-7(16)9-4-10(8-2-3-8)12(15-5-9)17-6-11(13)14/h4-5,8,11H,2-3,6H2,1H3. The second kappa shape index (κ2) is 4.77. The SMILES string of the molecule is CC(=O)c1cnc(OCC(F)F)c(C2CC2)c1. The Morgan fingerprint density at radius 2 is 2.29 bits per heavy atom. The second-order valence-electron chi connectivity index (χ2n) is 4.15. The quantitative estimate of drug-likeness (QED) is 0.744.